The number of nitrogens with zero attached hydrogens (tertiary/aromatic N) is 2. The number of aliphatic hydroxyl groups excluding tert-OH is 1. The van der Waals surface area contributed by atoms with Crippen molar-refractivity contribution in [3.8, 4) is 0 Å². The summed E-state index contributed by atoms with van der Waals surface area (Å²) in [7, 11) is 0. The summed E-state index contributed by atoms with van der Waals surface area (Å²) in [5.41, 5.74) is 6.84. The number of nitrogen functional groups attached to an aromatic ring is 1. The van der Waals surface area contributed by atoms with E-state index in [4.69, 9.17) is 10.5 Å². The van der Waals surface area contributed by atoms with E-state index in [1.165, 1.54) is 5.56 Å². The van der Waals surface area contributed by atoms with E-state index in [1.807, 2.05) is 12.1 Å². The van der Waals surface area contributed by atoms with Gasteiger partial charge in [-0.3, -0.25) is 4.90 Å². The number of hydrogen-bond donors (Lipinski definition) is 2. The van der Waals surface area contributed by atoms with Gasteiger partial charge < -0.3 is 15.6 Å². The molecule has 0 radical (unpaired) electrons. The zero-order valence-electron chi connectivity index (χ0n) is 11.1. The van der Waals surface area contributed by atoms with Crippen LogP contribution in [-0.4, -0.2) is 46.4 Å². The molecule has 3 heterocycles. The van der Waals surface area contributed by atoms with E-state index in [-0.39, 0.29) is 11.7 Å². The van der Waals surface area contributed by atoms with Crippen molar-refractivity contribution in [2.45, 2.75) is 37.5 Å². The first-order valence-corrected chi connectivity index (χ1v) is 6.90. The fourth-order valence-corrected chi connectivity index (χ4v) is 3.14. The van der Waals surface area contributed by atoms with Crippen LogP contribution in [0.4, 0.5) is 5.82 Å². The maximum absolute atomic E-state index is 9.62. The minimum Gasteiger partial charge on any atom is -0.391 e. The minimum atomic E-state index is -0.272. The summed E-state index contributed by atoms with van der Waals surface area (Å²) in [5, 5.41) is 9.62. The Morgan fingerprint density at radius 3 is 2.89 bits per heavy atom. The molecule has 0 bridgehead atoms. The third-order valence-electron chi connectivity index (χ3n) is 4.21. The van der Waals surface area contributed by atoms with Gasteiger partial charge in [-0.2, -0.15) is 0 Å². The molecule has 1 unspecified atom stereocenters. The number of aromatic nitrogens is 1. The molecule has 2 aliphatic heterocycles. The monoisotopic (exact) mass is 263 g/mol. The van der Waals surface area contributed by atoms with Gasteiger partial charge in [0.1, 0.15) is 5.82 Å². The SMILES string of the molecule is Nc1cc(CN2CCC3(CC2)CC(O)CO3)ccn1. The fourth-order valence-electron chi connectivity index (χ4n) is 3.14. The molecule has 3 rings (SSSR count). The third-order valence-corrected chi connectivity index (χ3v) is 4.21. The number of anilines is 1. The van der Waals surface area contributed by atoms with Crippen LogP contribution in [0.2, 0.25) is 0 Å². The molecular weight excluding hydrogens is 242 g/mol. The molecule has 1 atom stereocenters. The van der Waals surface area contributed by atoms with Gasteiger partial charge in [-0.1, -0.05) is 0 Å². The Labute approximate surface area is 113 Å². The van der Waals surface area contributed by atoms with Crippen LogP contribution in [0.15, 0.2) is 18.3 Å². The zero-order valence-corrected chi connectivity index (χ0v) is 11.1. The van der Waals surface area contributed by atoms with Gasteiger partial charge in [0.2, 0.25) is 0 Å². The summed E-state index contributed by atoms with van der Waals surface area (Å²) in [6, 6.07) is 3.94. The van der Waals surface area contributed by atoms with Crippen molar-refractivity contribution >= 4 is 5.82 Å². The van der Waals surface area contributed by atoms with Gasteiger partial charge in [0.25, 0.3) is 0 Å². The number of hydrogen-bond acceptors (Lipinski definition) is 5. The molecule has 0 amide bonds. The average molecular weight is 263 g/mol. The third kappa shape index (κ3) is 2.88. The molecule has 5 heteroatoms. The summed E-state index contributed by atoms with van der Waals surface area (Å²) in [4.78, 5) is 6.42. The highest BCUT2D eigenvalue weighted by molar-refractivity contribution is 5.31. The summed E-state index contributed by atoms with van der Waals surface area (Å²) in [6.07, 6.45) is 4.29. The Morgan fingerprint density at radius 1 is 1.47 bits per heavy atom. The molecule has 0 aromatic carbocycles. The van der Waals surface area contributed by atoms with Crippen LogP contribution in [0.1, 0.15) is 24.8 Å². The molecule has 1 aromatic rings. The van der Waals surface area contributed by atoms with Crippen LogP contribution in [-0.2, 0) is 11.3 Å². The van der Waals surface area contributed by atoms with Gasteiger partial charge in [-0.15, -0.1) is 0 Å². The van der Waals surface area contributed by atoms with Crippen molar-refractivity contribution in [2.75, 3.05) is 25.4 Å². The van der Waals surface area contributed by atoms with Crippen molar-refractivity contribution in [1.29, 1.82) is 0 Å². The molecule has 2 fully saturated rings. The summed E-state index contributed by atoms with van der Waals surface area (Å²) >= 11 is 0. The number of aliphatic hydroxyl groups is 1. The molecule has 1 spiro atoms. The van der Waals surface area contributed by atoms with Crippen molar-refractivity contribution in [3.63, 3.8) is 0 Å². The number of pyridine rings is 1. The maximum Gasteiger partial charge on any atom is 0.123 e. The smallest absolute Gasteiger partial charge is 0.123 e. The first kappa shape index (κ1) is 12.8. The predicted octanol–water partition coefficient (Wildman–Crippen LogP) is 0.780. The summed E-state index contributed by atoms with van der Waals surface area (Å²) in [5.74, 6) is 0.577. The highest BCUT2D eigenvalue weighted by Gasteiger charge is 2.41. The maximum atomic E-state index is 9.62. The molecule has 1 aromatic heterocycles. The van der Waals surface area contributed by atoms with Crippen LogP contribution in [0.5, 0.6) is 0 Å². The lowest BCUT2D eigenvalue weighted by Crippen LogP contribution is -2.43. The van der Waals surface area contributed by atoms with E-state index in [2.05, 4.69) is 9.88 Å². The van der Waals surface area contributed by atoms with Crippen LogP contribution in [0.3, 0.4) is 0 Å². The standard InChI is InChI=1S/C14H21N3O2/c15-13-7-11(1-4-16-13)9-17-5-2-14(3-6-17)8-12(18)10-19-14/h1,4,7,12,18H,2-3,5-6,8-10H2,(H2,15,16). The van der Waals surface area contributed by atoms with Crippen molar-refractivity contribution in [2.24, 2.45) is 0 Å². The molecule has 2 saturated heterocycles. The van der Waals surface area contributed by atoms with Gasteiger partial charge in [0.15, 0.2) is 0 Å². The molecule has 3 N–H and O–H groups in total. The second-order valence-corrected chi connectivity index (χ2v) is 5.72. The molecule has 2 aliphatic rings. The van der Waals surface area contributed by atoms with Crippen molar-refractivity contribution in [1.82, 2.24) is 9.88 Å². The Hall–Kier alpha value is -1.17. The summed E-state index contributed by atoms with van der Waals surface area (Å²) in [6.45, 7) is 3.43. The predicted molar refractivity (Wildman–Crippen MR) is 72.5 cm³/mol. The van der Waals surface area contributed by atoms with Crippen molar-refractivity contribution < 1.29 is 9.84 Å². The topological polar surface area (TPSA) is 71.6 Å². The second-order valence-electron chi connectivity index (χ2n) is 5.72. The number of nitrogens with two attached hydrogens (primary N) is 1. The lowest BCUT2D eigenvalue weighted by molar-refractivity contribution is -0.0456. The highest BCUT2D eigenvalue weighted by atomic mass is 16.5. The second kappa shape index (κ2) is 5.07. The van der Waals surface area contributed by atoms with E-state index in [9.17, 15) is 5.11 Å². The number of ether oxygens (including phenoxy) is 1. The lowest BCUT2D eigenvalue weighted by Gasteiger charge is -2.38. The quantitative estimate of drug-likeness (QED) is 0.825. The molecule has 19 heavy (non-hydrogen) atoms. The molecule has 104 valence electrons. The number of likely N-dealkylation sites (tertiary alicyclic amines) is 1. The van der Waals surface area contributed by atoms with Crippen LogP contribution in [0.25, 0.3) is 0 Å². The van der Waals surface area contributed by atoms with Crippen LogP contribution >= 0.6 is 0 Å². The Kier molecular flexibility index (Phi) is 3.43. The first-order valence-electron chi connectivity index (χ1n) is 6.90. The Balaban J connectivity index is 1.56. The van der Waals surface area contributed by atoms with Gasteiger partial charge in [0.05, 0.1) is 18.3 Å². The minimum absolute atomic E-state index is 0.0623. The largest absolute Gasteiger partial charge is 0.391 e. The molecule has 0 saturated carbocycles. The highest BCUT2D eigenvalue weighted by Crippen LogP contribution is 2.36. The van der Waals surface area contributed by atoms with Gasteiger partial charge in [0, 0.05) is 32.3 Å². The number of rotatable bonds is 2. The van der Waals surface area contributed by atoms with E-state index in [0.29, 0.717) is 12.4 Å². The van der Waals surface area contributed by atoms with Gasteiger partial charge in [-0.25, -0.2) is 4.98 Å². The normalized spacial score (nSPS) is 26.9. The van der Waals surface area contributed by atoms with Crippen LogP contribution in [0, 0.1) is 0 Å². The van der Waals surface area contributed by atoms with Crippen molar-refractivity contribution in [3.05, 3.63) is 23.9 Å². The summed E-state index contributed by atoms with van der Waals surface area (Å²) < 4.78 is 5.80. The molecule has 0 aliphatic carbocycles. The Bertz CT molecular complexity index is 444. The zero-order chi connectivity index (χ0) is 13.3. The number of piperidine rings is 1. The van der Waals surface area contributed by atoms with E-state index >= 15 is 0 Å². The van der Waals surface area contributed by atoms with Gasteiger partial charge in [-0.05, 0) is 30.5 Å². The first-order chi connectivity index (χ1) is 9.15. The van der Waals surface area contributed by atoms with E-state index in [1.54, 1.807) is 6.20 Å². The fraction of sp³-hybridized carbons (Fsp3) is 0.643. The average Bonchev–Trinajstić information content (AvgIpc) is 2.74. The molecular formula is C14H21N3O2. The molecule has 5 nitrogen and oxygen atoms in total. The van der Waals surface area contributed by atoms with Crippen LogP contribution < -0.4 is 5.73 Å². The Morgan fingerprint density at radius 2 is 2.26 bits per heavy atom. The van der Waals surface area contributed by atoms with Gasteiger partial charge >= 0.3 is 0 Å². The van der Waals surface area contributed by atoms with E-state index < -0.39 is 0 Å². The van der Waals surface area contributed by atoms with E-state index in [0.717, 1.165) is 38.9 Å². The lowest BCUT2D eigenvalue weighted by atomic mass is 9.88.